The second-order valence-corrected chi connectivity index (χ2v) is 20.5. The molecule has 1 heterocycles. The van der Waals surface area contributed by atoms with Gasteiger partial charge in [-0.1, -0.05) is 0 Å². The van der Waals surface area contributed by atoms with Crippen molar-refractivity contribution in [2.45, 2.75) is 72.6 Å². The molecule has 0 aromatic carbocycles. The minimum atomic E-state index is -2.04. The van der Waals surface area contributed by atoms with E-state index in [1.807, 2.05) is 11.8 Å². The summed E-state index contributed by atoms with van der Waals surface area (Å²) in [6.45, 7) is 7.03. The van der Waals surface area contributed by atoms with Crippen molar-refractivity contribution >= 4 is 30.1 Å². The predicted molar refractivity (Wildman–Crippen MR) is 88.4 cm³/mol. The number of rotatable bonds is 10. The predicted octanol–water partition coefficient (Wildman–Crippen LogP) is 6.32. The van der Waals surface area contributed by atoms with E-state index in [2.05, 4.69) is 38.3 Å². The molecule has 0 aromatic heterocycles. The number of unbranched alkanes of at least 4 members (excludes halogenated alkanes) is 3. The molecule has 2 heteroatoms. The molecule has 0 saturated carbocycles. The second-order valence-electron chi connectivity index (χ2n) is 5.51. The Hall–Kier alpha value is 0.539. The van der Waals surface area contributed by atoms with Gasteiger partial charge in [-0.25, -0.2) is 0 Å². The molecule has 0 radical (unpaired) electrons. The van der Waals surface area contributed by atoms with Crippen LogP contribution in [-0.2, 0) is 0 Å². The van der Waals surface area contributed by atoms with Crippen LogP contribution in [0.1, 0.15) is 59.3 Å². The third kappa shape index (κ3) is 4.90. The summed E-state index contributed by atoms with van der Waals surface area (Å²) < 4.78 is 6.55. The molecule has 1 aliphatic rings. The van der Waals surface area contributed by atoms with E-state index in [1.165, 1.54) is 38.5 Å². The average molecular weight is 372 g/mol. The standard InChI is InChI=1S/C4H2S.3C4H9.Sn/c1-2-4-5-3-1;3*1-3-4-2;/h1-2H;3*1,3-4H2,2H3;/q+1;;;;. The van der Waals surface area contributed by atoms with E-state index in [0.29, 0.717) is 0 Å². The Bertz CT molecular complexity index is 259. The van der Waals surface area contributed by atoms with Gasteiger partial charge in [0.1, 0.15) is 0 Å². The molecule has 102 valence electrons. The summed E-state index contributed by atoms with van der Waals surface area (Å²) in [6, 6.07) is 0. The van der Waals surface area contributed by atoms with Crippen molar-refractivity contribution in [3.05, 3.63) is 20.5 Å². The third-order valence-electron chi connectivity index (χ3n) is 4.02. The number of allylic oxidation sites excluding steroid dienone is 2. The molecule has 0 bridgehead atoms. The van der Waals surface area contributed by atoms with Crippen LogP contribution in [0.15, 0.2) is 15.1 Å². The van der Waals surface area contributed by atoms with Gasteiger partial charge in [0.25, 0.3) is 0 Å². The van der Waals surface area contributed by atoms with Crippen LogP contribution < -0.4 is 0 Å². The molecule has 0 aliphatic carbocycles. The number of hydrogen-bond acceptors (Lipinski definition) is 1. The van der Waals surface area contributed by atoms with Crippen LogP contribution in [0.3, 0.4) is 0 Å². The summed E-state index contributed by atoms with van der Waals surface area (Å²) in [6.07, 6.45) is 13.1. The first-order valence-electron chi connectivity index (χ1n) is 7.75. The Kier molecular flexibility index (Phi) is 8.71. The van der Waals surface area contributed by atoms with E-state index in [1.54, 1.807) is 16.2 Å². The van der Waals surface area contributed by atoms with Gasteiger partial charge in [0.05, 0.1) is 0 Å². The van der Waals surface area contributed by atoms with Crippen molar-refractivity contribution in [2.75, 3.05) is 0 Å². The van der Waals surface area contributed by atoms with E-state index in [4.69, 9.17) is 0 Å². The molecule has 18 heavy (non-hydrogen) atoms. The zero-order chi connectivity index (χ0) is 13.3. The van der Waals surface area contributed by atoms with Gasteiger partial charge in [0.15, 0.2) is 0 Å². The quantitative estimate of drug-likeness (QED) is 0.319. The Morgan fingerprint density at radius 2 is 1.44 bits per heavy atom. The topological polar surface area (TPSA) is 0 Å². The monoisotopic (exact) mass is 373 g/mol. The molecule has 1 rings (SSSR count). The van der Waals surface area contributed by atoms with Crippen LogP contribution in [-0.4, -0.2) is 18.4 Å². The van der Waals surface area contributed by atoms with Gasteiger partial charge < -0.3 is 0 Å². The van der Waals surface area contributed by atoms with Crippen molar-refractivity contribution < 1.29 is 0 Å². The van der Waals surface area contributed by atoms with Gasteiger partial charge in [-0.15, -0.1) is 0 Å². The fourth-order valence-corrected chi connectivity index (χ4v) is 22.2. The van der Waals surface area contributed by atoms with E-state index in [0.717, 1.165) is 0 Å². The summed E-state index contributed by atoms with van der Waals surface area (Å²) >= 11 is -0.0955. The zero-order valence-electron chi connectivity index (χ0n) is 12.4. The van der Waals surface area contributed by atoms with Gasteiger partial charge in [0.2, 0.25) is 0 Å². The van der Waals surface area contributed by atoms with Crippen LogP contribution in [0.5, 0.6) is 0 Å². The van der Waals surface area contributed by atoms with Crippen LogP contribution >= 0.6 is 11.8 Å². The van der Waals surface area contributed by atoms with E-state index in [-0.39, 0.29) is 0 Å². The molecule has 0 N–H and O–H groups in total. The molecule has 0 atom stereocenters. The van der Waals surface area contributed by atoms with Gasteiger partial charge in [-0.3, -0.25) is 0 Å². The first-order chi connectivity index (χ1) is 8.79. The first kappa shape index (κ1) is 16.6. The van der Waals surface area contributed by atoms with Crippen molar-refractivity contribution in [1.82, 2.24) is 0 Å². The van der Waals surface area contributed by atoms with E-state index < -0.39 is 18.4 Å². The van der Waals surface area contributed by atoms with Crippen molar-refractivity contribution in [1.29, 1.82) is 0 Å². The number of thioether (sulfide) groups is 1. The first-order valence-corrected chi connectivity index (χ1v) is 16.0. The van der Waals surface area contributed by atoms with Gasteiger partial charge in [0, 0.05) is 0 Å². The van der Waals surface area contributed by atoms with Crippen LogP contribution in [0, 0.1) is 5.41 Å². The molecule has 0 aromatic rings. The molecule has 0 amide bonds. The SMILES string of the molecule is CCC[CH2][Sn]([CH2]CCC)([CH2]CCC)[C]1=CC=[C+]S1. The minimum absolute atomic E-state index is 1.37. The van der Waals surface area contributed by atoms with Gasteiger partial charge >= 0.3 is 123 Å². The van der Waals surface area contributed by atoms with Gasteiger partial charge in [-0.05, 0) is 0 Å². The molecular weight excluding hydrogens is 343 g/mol. The number of hydrogen-bond donors (Lipinski definition) is 0. The van der Waals surface area contributed by atoms with Gasteiger partial charge in [-0.2, -0.15) is 0 Å². The Balaban J connectivity index is 2.76. The molecule has 1 aliphatic heterocycles. The Morgan fingerprint density at radius 3 is 1.78 bits per heavy atom. The van der Waals surface area contributed by atoms with Crippen molar-refractivity contribution in [3.63, 3.8) is 0 Å². The molecule has 0 saturated heterocycles. The van der Waals surface area contributed by atoms with Crippen LogP contribution in [0.2, 0.25) is 13.3 Å². The fraction of sp³-hybridized carbons (Fsp3) is 0.750. The van der Waals surface area contributed by atoms with Crippen LogP contribution in [0.4, 0.5) is 0 Å². The van der Waals surface area contributed by atoms with Crippen LogP contribution in [0.25, 0.3) is 0 Å². The fourth-order valence-electron chi connectivity index (χ4n) is 2.82. The maximum atomic E-state index is 3.36. The molecule has 0 fully saturated rings. The maximum absolute atomic E-state index is 3.36. The van der Waals surface area contributed by atoms with Crippen molar-refractivity contribution in [3.8, 4) is 0 Å². The van der Waals surface area contributed by atoms with E-state index in [9.17, 15) is 0 Å². The zero-order valence-corrected chi connectivity index (χ0v) is 16.1. The summed E-state index contributed by atoms with van der Waals surface area (Å²) in [5.41, 5.74) is 0. The van der Waals surface area contributed by atoms with E-state index >= 15 is 0 Å². The summed E-state index contributed by atoms with van der Waals surface area (Å²) in [5, 5.41) is 3.36. The molecular formula is C16H29SSn+. The molecule has 0 unspecified atom stereocenters. The van der Waals surface area contributed by atoms with Crippen molar-refractivity contribution in [2.24, 2.45) is 0 Å². The summed E-state index contributed by atoms with van der Waals surface area (Å²) in [7, 11) is 0. The average Bonchev–Trinajstić information content (AvgIpc) is 2.93. The molecule has 0 spiro atoms. The normalized spacial score (nSPS) is 14.7. The Morgan fingerprint density at radius 1 is 0.944 bits per heavy atom. The second kappa shape index (κ2) is 9.44. The Labute approximate surface area is 123 Å². The molecule has 0 nitrogen and oxygen atoms in total. The third-order valence-corrected chi connectivity index (χ3v) is 23.1. The summed E-state index contributed by atoms with van der Waals surface area (Å²) in [5.74, 6) is 0. The summed E-state index contributed by atoms with van der Waals surface area (Å²) in [4.78, 5) is 0.